The van der Waals surface area contributed by atoms with Gasteiger partial charge in [-0.25, -0.2) is 8.42 Å². The van der Waals surface area contributed by atoms with Crippen LogP contribution in [0.4, 0.5) is 10.1 Å². The maximum absolute atomic E-state index is 13.7. The van der Waals surface area contributed by atoms with E-state index in [1.807, 2.05) is 0 Å². The zero-order chi connectivity index (χ0) is 15.8. The second-order valence-electron chi connectivity index (χ2n) is 4.90. The summed E-state index contributed by atoms with van der Waals surface area (Å²) < 4.78 is 39.8. The van der Waals surface area contributed by atoms with Crippen molar-refractivity contribution in [1.29, 1.82) is 0 Å². The number of rotatable bonds is 6. The minimum Gasteiger partial charge on any atom is -0.395 e. The number of sulfonamides is 1. The minimum absolute atomic E-state index is 0.0861. The van der Waals surface area contributed by atoms with Crippen molar-refractivity contribution in [1.82, 2.24) is 4.31 Å². The van der Waals surface area contributed by atoms with E-state index in [1.165, 1.54) is 6.92 Å². The fourth-order valence-corrected chi connectivity index (χ4v) is 3.88. The molecule has 7 nitrogen and oxygen atoms in total. The Bertz CT molecular complexity index is 672. The van der Waals surface area contributed by atoms with E-state index < -0.39 is 26.5 Å². The predicted octanol–water partition coefficient (Wildman–Crippen LogP) is 1.19. The number of aliphatic hydroxyl groups is 1. The van der Waals surface area contributed by atoms with Gasteiger partial charge in [0.05, 0.1) is 16.4 Å². The third kappa shape index (κ3) is 3.04. The van der Waals surface area contributed by atoms with Crippen molar-refractivity contribution in [3.8, 4) is 0 Å². The Morgan fingerprint density at radius 1 is 1.48 bits per heavy atom. The highest BCUT2D eigenvalue weighted by Gasteiger charge is 2.38. The molecule has 116 valence electrons. The van der Waals surface area contributed by atoms with Crippen molar-refractivity contribution in [3.05, 3.63) is 33.6 Å². The van der Waals surface area contributed by atoms with Crippen LogP contribution in [0.5, 0.6) is 0 Å². The lowest BCUT2D eigenvalue weighted by Crippen LogP contribution is -2.35. The molecule has 1 aliphatic carbocycles. The summed E-state index contributed by atoms with van der Waals surface area (Å²) >= 11 is 0. The summed E-state index contributed by atoms with van der Waals surface area (Å²) in [5.74, 6) is -1.04. The molecule has 0 atom stereocenters. The normalized spacial score (nSPS) is 15.4. The van der Waals surface area contributed by atoms with E-state index >= 15 is 0 Å². The summed E-state index contributed by atoms with van der Waals surface area (Å²) in [4.78, 5) is 9.54. The summed E-state index contributed by atoms with van der Waals surface area (Å²) in [7, 11) is -3.99. The Labute approximate surface area is 121 Å². The number of benzene rings is 1. The first-order valence-electron chi connectivity index (χ1n) is 6.36. The van der Waals surface area contributed by atoms with Crippen molar-refractivity contribution in [2.24, 2.45) is 0 Å². The number of halogens is 1. The fourth-order valence-electron chi connectivity index (χ4n) is 2.10. The first-order chi connectivity index (χ1) is 9.78. The molecule has 1 aromatic carbocycles. The number of aliphatic hydroxyl groups excluding tert-OH is 1. The first-order valence-corrected chi connectivity index (χ1v) is 7.80. The molecule has 0 aromatic heterocycles. The van der Waals surface area contributed by atoms with E-state index in [4.69, 9.17) is 5.11 Å². The van der Waals surface area contributed by atoms with Crippen LogP contribution in [0, 0.1) is 22.9 Å². The smallest absolute Gasteiger partial charge is 0.306 e. The molecule has 0 bridgehead atoms. The fraction of sp³-hybridized carbons (Fsp3) is 0.500. The quantitative estimate of drug-likeness (QED) is 0.627. The van der Waals surface area contributed by atoms with E-state index in [2.05, 4.69) is 0 Å². The Hall–Kier alpha value is -1.58. The van der Waals surface area contributed by atoms with Crippen molar-refractivity contribution < 1.29 is 22.8 Å². The number of nitro groups is 1. The molecule has 0 aliphatic heterocycles. The summed E-state index contributed by atoms with van der Waals surface area (Å²) in [6.07, 6.45) is 1.36. The molecule has 0 amide bonds. The van der Waals surface area contributed by atoms with Crippen LogP contribution in [-0.2, 0) is 10.0 Å². The van der Waals surface area contributed by atoms with Gasteiger partial charge in [-0.2, -0.15) is 8.70 Å². The lowest BCUT2D eigenvalue weighted by atomic mass is 10.2. The number of hydrogen-bond acceptors (Lipinski definition) is 5. The van der Waals surface area contributed by atoms with Gasteiger partial charge < -0.3 is 5.11 Å². The summed E-state index contributed by atoms with van der Waals surface area (Å²) in [6, 6.07) is 1.60. The van der Waals surface area contributed by atoms with Gasteiger partial charge in [-0.3, -0.25) is 10.1 Å². The molecule has 1 saturated carbocycles. The van der Waals surface area contributed by atoms with E-state index in [-0.39, 0.29) is 29.7 Å². The molecular weight excluding hydrogens is 303 g/mol. The maximum atomic E-state index is 13.7. The molecule has 21 heavy (non-hydrogen) atoms. The SMILES string of the molecule is Cc1cc(S(=O)(=O)N(CCO)C2CC2)cc([N+](=O)[O-])c1F. The van der Waals surface area contributed by atoms with Crippen LogP contribution in [0.1, 0.15) is 18.4 Å². The van der Waals surface area contributed by atoms with Gasteiger partial charge >= 0.3 is 5.69 Å². The van der Waals surface area contributed by atoms with Gasteiger partial charge in [0.15, 0.2) is 0 Å². The first kappa shape index (κ1) is 15.8. The van der Waals surface area contributed by atoms with Gasteiger partial charge in [0.25, 0.3) is 0 Å². The number of hydrogen-bond donors (Lipinski definition) is 1. The molecule has 9 heteroatoms. The van der Waals surface area contributed by atoms with Crippen molar-refractivity contribution in [3.63, 3.8) is 0 Å². The van der Waals surface area contributed by atoms with Gasteiger partial charge in [0.2, 0.25) is 15.8 Å². The lowest BCUT2D eigenvalue weighted by Gasteiger charge is -2.21. The Kier molecular flexibility index (Phi) is 4.26. The van der Waals surface area contributed by atoms with Crippen molar-refractivity contribution in [2.75, 3.05) is 13.2 Å². The number of nitrogens with zero attached hydrogens (tertiary/aromatic N) is 2. The second kappa shape index (κ2) is 5.66. The summed E-state index contributed by atoms with van der Waals surface area (Å²) in [5.41, 5.74) is -0.976. The third-order valence-electron chi connectivity index (χ3n) is 3.29. The summed E-state index contributed by atoms with van der Waals surface area (Å²) in [5, 5.41) is 19.8. The van der Waals surface area contributed by atoms with Gasteiger partial charge in [-0.1, -0.05) is 0 Å². The van der Waals surface area contributed by atoms with Crippen molar-refractivity contribution >= 4 is 15.7 Å². The zero-order valence-corrected chi connectivity index (χ0v) is 12.1. The molecule has 1 N–H and O–H groups in total. The highest BCUT2D eigenvalue weighted by molar-refractivity contribution is 7.89. The van der Waals surface area contributed by atoms with Crippen LogP contribution in [0.25, 0.3) is 0 Å². The van der Waals surface area contributed by atoms with Crippen LogP contribution in [0.3, 0.4) is 0 Å². The lowest BCUT2D eigenvalue weighted by molar-refractivity contribution is -0.387. The second-order valence-corrected chi connectivity index (χ2v) is 6.79. The van der Waals surface area contributed by atoms with Crippen LogP contribution in [0.15, 0.2) is 17.0 Å². The van der Waals surface area contributed by atoms with E-state index in [0.29, 0.717) is 12.8 Å². The van der Waals surface area contributed by atoms with Crippen LogP contribution in [-0.4, -0.2) is 41.9 Å². The van der Waals surface area contributed by atoms with Crippen LogP contribution >= 0.6 is 0 Å². The molecule has 0 saturated heterocycles. The van der Waals surface area contributed by atoms with Gasteiger partial charge in [-0.15, -0.1) is 0 Å². The Morgan fingerprint density at radius 2 is 2.10 bits per heavy atom. The molecule has 0 heterocycles. The van der Waals surface area contributed by atoms with E-state index in [1.54, 1.807) is 0 Å². The molecule has 0 spiro atoms. The number of nitro benzene ring substituents is 1. The molecule has 2 rings (SSSR count). The molecule has 1 fully saturated rings. The Balaban J connectivity index is 2.51. The monoisotopic (exact) mass is 318 g/mol. The predicted molar refractivity (Wildman–Crippen MR) is 71.8 cm³/mol. The average molecular weight is 318 g/mol. The largest absolute Gasteiger partial charge is 0.395 e. The molecular formula is C12H15FN2O5S. The highest BCUT2D eigenvalue weighted by atomic mass is 32.2. The van der Waals surface area contributed by atoms with E-state index in [0.717, 1.165) is 16.4 Å². The van der Waals surface area contributed by atoms with Crippen LogP contribution in [0.2, 0.25) is 0 Å². The highest BCUT2D eigenvalue weighted by Crippen LogP contribution is 2.33. The third-order valence-corrected chi connectivity index (χ3v) is 5.22. The number of aryl methyl sites for hydroxylation is 1. The zero-order valence-electron chi connectivity index (χ0n) is 11.3. The maximum Gasteiger partial charge on any atom is 0.306 e. The molecule has 0 radical (unpaired) electrons. The topological polar surface area (TPSA) is 101 Å². The van der Waals surface area contributed by atoms with Crippen LogP contribution < -0.4 is 0 Å². The van der Waals surface area contributed by atoms with Gasteiger partial charge in [0, 0.05) is 18.7 Å². The van der Waals surface area contributed by atoms with E-state index in [9.17, 15) is 22.9 Å². The standard InChI is InChI=1S/C12H15FN2O5S/c1-8-6-10(7-11(12(8)13)15(17)18)21(19,20)14(4-5-16)9-2-3-9/h6-7,9,16H,2-5H2,1H3. The molecule has 0 unspecified atom stereocenters. The minimum atomic E-state index is -3.99. The van der Waals surface area contributed by atoms with Crippen molar-refractivity contribution in [2.45, 2.75) is 30.7 Å². The molecule has 1 aromatic rings. The van der Waals surface area contributed by atoms with Gasteiger partial charge in [0.1, 0.15) is 0 Å². The average Bonchev–Trinajstić information content (AvgIpc) is 3.22. The Morgan fingerprint density at radius 3 is 2.57 bits per heavy atom. The molecule has 1 aliphatic rings. The summed E-state index contributed by atoms with van der Waals surface area (Å²) in [6.45, 7) is 0.837. The van der Waals surface area contributed by atoms with Gasteiger partial charge in [-0.05, 0) is 31.4 Å².